The van der Waals surface area contributed by atoms with Crippen molar-refractivity contribution in [1.29, 1.82) is 0 Å². The van der Waals surface area contributed by atoms with Crippen molar-refractivity contribution < 1.29 is 33.4 Å². The van der Waals surface area contributed by atoms with Crippen molar-refractivity contribution in [3.05, 3.63) is 11.6 Å². The van der Waals surface area contributed by atoms with E-state index >= 15 is 0 Å². The Morgan fingerprint density at radius 2 is 1.58 bits per heavy atom. The van der Waals surface area contributed by atoms with Crippen LogP contribution in [0.3, 0.4) is 0 Å². The van der Waals surface area contributed by atoms with Crippen LogP contribution < -0.4 is 0 Å². The summed E-state index contributed by atoms with van der Waals surface area (Å²) in [5.74, 6) is -3.82. The predicted molar refractivity (Wildman–Crippen MR) is 81.6 cm³/mol. The molecule has 0 aromatic rings. The van der Waals surface area contributed by atoms with Gasteiger partial charge in [0.2, 0.25) is 0 Å². The van der Waals surface area contributed by atoms with Crippen LogP contribution in [0.1, 0.15) is 33.6 Å². The Morgan fingerprint density at radius 3 is 2.08 bits per heavy atom. The predicted octanol–water partition coefficient (Wildman–Crippen LogP) is 1.20. The summed E-state index contributed by atoms with van der Waals surface area (Å²) in [4.78, 5) is 49.1. The monoisotopic (exact) mass is 338 g/mol. The molecular formula is C17H22O7. The van der Waals surface area contributed by atoms with E-state index in [0.29, 0.717) is 5.57 Å². The van der Waals surface area contributed by atoms with Crippen molar-refractivity contribution >= 4 is 23.7 Å². The molecule has 0 aromatic carbocycles. The molecule has 0 aliphatic heterocycles. The zero-order valence-electron chi connectivity index (χ0n) is 14.1. The molecule has 2 aliphatic rings. The highest BCUT2D eigenvalue weighted by Gasteiger charge is 2.60. The summed E-state index contributed by atoms with van der Waals surface area (Å²) in [5, 5.41) is 0. The van der Waals surface area contributed by atoms with Crippen molar-refractivity contribution in [3.8, 4) is 0 Å². The van der Waals surface area contributed by atoms with E-state index in [9.17, 15) is 19.2 Å². The van der Waals surface area contributed by atoms with E-state index in [2.05, 4.69) is 0 Å². The minimum absolute atomic E-state index is 0.0196. The van der Waals surface area contributed by atoms with Crippen molar-refractivity contribution in [2.75, 3.05) is 19.8 Å². The van der Waals surface area contributed by atoms with Gasteiger partial charge in [0.25, 0.3) is 0 Å². The summed E-state index contributed by atoms with van der Waals surface area (Å²) in [7, 11) is 0. The topological polar surface area (TPSA) is 96.0 Å². The van der Waals surface area contributed by atoms with Gasteiger partial charge in [-0.05, 0) is 39.7 Å². The van der Waals surface area contributed by atoms with E-state index in [4.69, 9.17) is 14.2 Å². The number of rotatable bonds is 6. The van der Waals surface area contributed by atoms with Crippen LogP contribution in [0, 0.1) is 17.3 Å². The smallest absolute Gasteiger partial charge is 0.323 e. The fourth-order valence-corrected chi connectivity index (χ4v) is 3.46. The molecule has 24 heavy (non-hydrogen) atoms. The fourth-order valence-electron chi connectivity index (χ4n) is 3.46. The third-order valence-electron chi connectivity index (χ3n) is 4.46. The Hall–Kier alpha value is -2.18. The average molecular weight is 338 g/mol. The fraction of sp³-hybridized carbons (Fsp3) is 0.647. The highest BCUT2D eigenvalue weighted by molar-refractivity contribution is 6.10. The summed E-state index contributed by atoms with van der Waals surface area (Å²) in [5.41, 5.74) is -0.882. The third kappa shape index (κ3) is 2.95. The Labute approximate surface area is 140 Å². The van der Waals surface area contributed by atoms with Crippen LogP contribution in [-0.4, -0.2) is 43.5 Å². The molecule has 2 rings (SSSR count). The summed E-state index contributed by atoms with van der Waals surface area (Å²) < 4.78 is 15.1. The van der Waals surface area contributed by atoms with Crippen LogP contribution in [0.15, 0.2) is 11.6 Å². The first kappa shape index (κ1) is 18.2. The number of carbonyl (C=O) groups is 4. The first-order valence-corrected chi connectivity index (χ1v) is 8.16. The van der Waals surface area contributed by atoms with Crippen LogP contribution in [0.25, 0.3) is 0 Å². The lowest BCUT2D eigenvalue weighted by atomic mass is 9.82. The molecule has 0 aromatic heterocycles. The van der Waals surface area contributed by atoms with Gasteiger partial charge in [0.05, 0.1) is 19.8 Å². The second-order valence-corrected chi connectivity index (χ2v) is 5.86. The summed E-state index contributed by atoms with van der Waals surface area (Å²) >= 11 is 0. The third-order valence-corrected chi connectivity index (χ3v) is 4.46. The number of fused-ring (bicyclic) bond motifs is 1. The average Bonchev–Trinajstić information content (AvgIpc) is 3.02. The first-order valence-electron chi connectivity index (χ1n) is 8.16. The van der Waals surface area contributed by atoms with Gasteiger partial charge in [0.15, 0.2) is 11.2 Å². The molecule has 0 bridgehead atoms. The number of allylic oxidation sites excluding steroid dienone is 2. The highest BCUT2D eigenvalue weighted by Crippen LogP contribution is 2.53. The molecule has 1 fully saturated rings. The number of ketones is 1. The molecule has 0 radical (unpaired) electrons. The van der Waals surface area contributed by atoms with E-state index in [-0.39, 0.29) is 38.4 Å². The van der Waals surface area contributed by atoms with Crippen LogP contribution in [0.4, 0.5) is 0 Å². The first-order chi connectivity index (χ1) is 11.4. The summed E-state index contributed by atoms with van der Waals surface area (Å²) in [6, 6.07) is 0. The second kappa shape index (κ2) is 7.15. The Bertz CT molecular complexity index is 572. The zero-order chi connectivity index (χ0) is 17.9. The number of esters is 3. The molecule has 7 heteroatoms. The van der Waals surface area contributed by atoms with Gasteiger partial charge >= 0.3 is 17.9 Å². The molecule has 1 saturated carbocycles. The van der Waals surface area contributed by atoms with Gasteiger partial charge in [-0.25, -0.2) is 0 Å². The number of hydrogen-bond acceptors (Lipinski definition) is 7. The summed E-state index contributed by atoms with van der Waals surface area (Å²) in [6.45, 7) is 5.37. The Kier molecular flexibility index (Phi) is 5.41. The summed E-state index contributed by atoms with van der Waals surface area (Å²) in [6.07, 6.45) is 1.41. The van der Waals surface area contributed by atoms with Crippen LogP contribution in [-0.2, 0) is 33.4 Å². The molecule has 0 unspecified atom stereocenters. The minimum atomic E-state index is -1.49. The van der Waals surface area contributed by atoms with E-state index in [0.717, 1.165) is 0 Å². The lowest BCUT2D eigenvalue weighted by Gasteiger charge is -2.25. The standard InChI is InChI=1S/C17H22O7/c1-4-22-14(19)13-11-9-17(15(20)23-5-2,16(21)24-6-3)8-10(11)7-12(13)18/h7,11,13H,4-6,8-9H2,1-3H3/t11-,13+/m0/s1. The van der Waals surface area contributed by atoms with Crippen molar-refractivity contribution in [3.63, 3.8) is 0 Å². The van der Waals surface area contributed by atoms with Crippen molar-refractivity contribution in [1.82, 2.24) is 0 Å². The quantitative estimate of drug-likeness (QED) is 0.408. The lowest BCUT2D eigenvalue weighted by molar-refractivity contribution is -0.172. The molecule has 0 heterocycles. The van der Waals surface area contributed by atoms with Gasteiger partial charge < -0.3 is 14.2 Å². The van der Waals surface area contributed by atoms with E-state index < -0.39 is 35.2 Å². The SMILES string of the molecule is CCOC(=O)[C@H]1C(=O)C=C2CC(C(=O)OCC)(C(=O)OCC)C[C@@H]21. The van der Waals surface area contributed by atoms with E-state index in [1.54, 1.807) is 20.8 Å². The molecule has 0 saturated heterocycles. The van der Waals surface area contributed by atoms with Crippen molar-refractivity contribution in [2.24, 2.45) is 17.3 Å². The van der Waals surface area contributed by atoms with Gasteiger partial charge in [-0.1, -0.05) is 5.57 Å². The van der Waals surface area contributed by atoms with Gasteiger partial charge in [0.1, 0.15) is 5.92 Å². The zero-order valence-corrected chi connectivity index (χ0v) is 14.1. The van der Waals surface area contributed by atoms with Crippen LogP contribution in [0.5, 0.6) is 0 Å². The van der Waals surface area contributed by atoms with Gasteiger partial charge in [-0.2, -0.15) is 0 Å². The van der Waals surface area contributed by atoms with E-state index in [1.807, 2.05) is 0 Å². The largest absolute Gasteiger partial charge is 0.465 e. The maximum Gasteiger partial charge on any atom is 0.323 e. The van der Waals surface area contributed by atoms with Gasteiger partial charge in [-0.15, -0.1) is 0 Å². The molecule has 2 aliphatic carbocycles. The number of carbonyl (C=O) groups excluding carboxylic acids is 4. The lowest BCUT2D eigenvalue weighted by Crippen LogP contribution is -2.41. The molecule has 2 atom stereocenters. The second-order valence-electron chi connectivity index (χ2n) is 5.86. The molecule has 132 valence electrons. The van der Waals surface area contributed by atoms with Gasteiger partial charge in [-0.3, -0.25) is 19.2 Å². The Balaban J connectivity index is 2.33. The maximum atomic E-state index is 12.4. The maximum absolute atomic E-state index is 12.4. The molecule has 0 N–H and O–H groups in total. The highest BCUT2D eigenvalue weighted by atomic mass is 16.6. The molecule has 0 spiro atoms. The van der Waals surface area contributed by atoms with Crippen molar-refractivity contribution in [2.45, 2.75) is 33.6 Å². The van der Waals surface area contributed by atoms with Crippen LogP contribution in [0.2, 0.25) is 0 Å². The minimum Gasteiger partial charge on any atom is -0.465 e. The number of hydrogen-bond donors (Lipinski definition) is 0. The van der Waals surface area contributed by atoms with Gasteiger partial charge in [0, 0.05) is 5.92 Å². The molecule has 7 nitrogen and oxygen atoms in total. The van der Waals surface area contributed by atoms with E-state index in [1.165, 1.54) is 6.08 Å². The molecular weight excluding hydrogens is 316 g/mol. The number of ether oxygens (including phenoxy) is 3. The normalized spacial score (nSPS) is 24.1. The Morgan fingerprint density at radius 1 is 1.04 bits per heavy atom. The molecule has 0 amide bonds. The van der Waals surface area contributed by atoms with Crippen LogP contribution >= 0.6 is 0 Å².